The van der Waals surface area contributed by atoms with Crippen LogP contribution in [0.5, 0.6) is 0 Å². The summed E-state index contributed by atoms with van der Waals surface area (Å²) in [4.78, 5) is 11.9. The van der Waals surface area contributed by atoms with Gasteiger partial charge in [0.2, 0.25) is 0 Å². The van der Waals surface area contributed by atoms with Crippen molar-refractivity contribution in [3.8, 4) is 0 Å². The summed E-state index contributed by atoms with van der Waals surface area (Å²) < 4.78 is 12.9. The first-order chi connectivity index (χ1) is 8.56. The first-order valence-electron chi connectivity index (χ1n) is 5.08. The summed E-state index contributed by atoms with van der Waals surface area (Å²) in [6.07, 6.45) is 0. The van der Waals surface area contributed by atoms with Gasteiger partial charge in [-0.15, -0.1) is 0 Å². The molecule has 0 aliphatic heterocycles. The molecule has 0 unspecified atom stereocenters. The molecule has 0 saturated heterocycles. The van der Waals surface area contributed by atoms with Crippen molar-refractivity contribution in [2.75, 3.05) is 5.32 Å². The average Bonchev–Trinajstić information content (AvgIpc) is 2.32. The van der Waals surface area contributed by atoms with Gasteiger partial charge in [0, 0.05) is 11.3 Å². The van der Waals surface area contributed by atoms with Gasteiger partial charge in [-0.2, -0.15) is 0 Å². The summed E-state index contributed by atoms with van der Waals surface area (Å²) >= 11 is 11.6. The van der Waals surface area contributed by atoms with Crippen molar-refractivity contribution in [1.29, 1.82) is 0 Å². The van der Waals surface area contributed by atoms with Crippen molar-refractivity contribution in [1.82, 2.24) is 0 Å². The molecule has 0 fully saturated rings. The normalized spacial score (nSPS) is 10.2. The lowest BCUT2D eigenvalue weighted by atomic mass is 10.2. The minimum atomic E-state index is -0.415. The molecule has 0 radical (unpaired) electrons. The predicted octanol–water partition coefficient (Wildman–Crippen LogP) is 4.38. The van der Waals surface area contributed by atoms with Gasteiger partial charge >= 0.3 is 0 Å². The molecule has 0 saturated carbocycles. The molecular formula is C13H8Cl2FNO. The van der Waals surface area contributed by atoms with Gasteiger partial charge in [0.25, 0.3) is 5.91 Å². The summed E-state index contributed by atoms with van der Waals surface area (Å²) in [7, 11) is 0. The summed E-state index contributed by atoms with van der Waals surface area (Å²) in [5.41, 5.74) is 0.736. The lowest BCUT2D eigenvalue weighted by Crippen LogP contribution is -2.11. The lowest BCUT2D eigenvalue weighted by molar-refractivity contribution is 0.102. The number of benzene rings is 2. The molecule has 0 heterocycles. The van der Waals surface area contributed by atoms with Gasteiger partial charge in [-0.1, -0.05) is 29.3 Å². The summed E-state index contributed by atoms with van der Waals surface area (Å²) in [5, 5.41) is 3.23. The van der Waals surface area contributed by atoms with E-state index in [1.807, 2.05) is 0 Å². The zero-order chi connectivity index (χ0) is 13.1. The molecule has 2 rings (SSSR count). The number of hydrogen-bond acceptors (Lipinski definition) is 1. The Bertz CT molecular complexity index is 601. The minimum Gasteiger partial charge on any atom is -0.322 e. The van der Waals surface area contributed by atoms with Crippen LogP contribution in [0.2, 0.25) is 10.0 Å². The van der Waals surface area contributed by atoms with Crippen LogP contribution in [0.25, 0.3) is 0 Å². The number of amides is 1. The number of halogens is 3. The van der Waals surface area contributed by atoms with Crippen LogP contribution < -0.4 is 5.32 Å². The van der Waals surface area contributed by atoms with Crippen molar-refractivity contribution < 1.29 is 9.18 Å². The Morgan fingerprint density at radius 2 is 1.83 bits per heavy atom. The van der Waals surface area contributed by atoms with Gasteiger partial charge in [0.1, 0.15) is 5.82 Å². The molecule has 2 nitrogen and oxygen atoms in total. The standard InChI is InChI=1S/C13H8Cl2FNO/c14-11-5-4-8(6-12(11)15)13(18)17-10-3-1-2-9(16)7-10/h1-7H,(H,17,18). The van der Waals surface area contributed by atoms with Crippen LogP contribution in [-0.4, -0.2) is 5.91 Å². The molecular weight excluding hydrogens is 276 g/mol. The van der Waals surface area contributed by atoms with E-state index >= 15 is 0 Å². The number of rotatable bonds is 2. The van der Waals surface area contributed by atoms with Gasteiger partial charge in [0.15, 0.2) is 0 Å². The van der Waals surface area contributed by atoms with Crippen molar-refractivity contribution in [2.24, 2.45) is 0 Å². The maximum Gasteiger partial charge on any atom is 0.255 e. The average molecular weight is 284 g/mol. The molecule has 2 aromatic carbocycles. The molecule has 0 aliphatic carbocycles. The second-order valence-electron chi connectivity index (χ2n) is 3.59. The van der Waals surface area contributed by atoms with Crippen LogP contribution in [0.3, 0.4) is 0 Å². The monoisotopic (exact) mass is 283 g/mol. The highest BCUT2D eigenvalue weighted by Gasteiger charge is 2.08. The number of anilines is 1. The third-order valence-electron chi connectivity index (χ3n) is 2.26. The second kappa shape index (κ2) is 5.38. The lowest BCUT2D eigenvalue weighted by Gasteiger charge is -2.06. The molecule has 2 aromatic rings. The Morgan fingerprint density at radius 3 is 2.50 bits per heavy atom. The Labute approximate surface area is 113 Å². The largest absolute Gasteiger partial charge is 0.322 e. The number of nitrogens with one attached hydrogen (secondary N) is 1. The fourth-order valence-corrected chi connectivity index (χ4v) is 1.70. The first kappa shape index (κ1) is 12.9. The van der Waals surface area contributed by atoms with E-state index in [9.17, 15) is 9.18 Å². The van der Waals surface area contributed by atoms with E-state index in [1.165, 1.54) is 30.3 Å². The number of carbonyl (C=O) groups excluding carboxylic acids is 1. The summed E-state index contributed by atoms with van der Waals surface area (Å²) in [6, 6.07) is 10.2. The zero-order valence-electron chi connectivity index (χ0n) is 9.08. The van der Waals surface area contributed by atoms with Crippen molar-refractivity contribution >= 4 is 34.8 Å². The zero-order valence-corrected chi connectivity index (χ0v) is 10.6. The molecule has 18 heavy (non-hydrogen) atoms. The van der Waals surface area contributed by atoms with Crippen LogP contribution in [-0.2, 0) is 0 Å². The van der Waals surface area contributed by atoms with Gasteiger partial charge in [-0.3, -0.25) is 4.79 Å². The third kappa shape index (κ3) is 3.00. The molecule has 0 aromatic heterocycles. The van der Waals surface area contributed by atoms with Crippen LogP contribution in [0.4, 0.5) is 10.1 Å². The van der Waals surface area contributed by atoms with E-state index in [0.29, 0.717) is 21.3 Å². The molecule has 1 N–H and O–H groups in total. The Kier molecular flexibility index (Phi) is 3.84. The van der Waals surface area contributed by atoms with E-state index < -0.39 is 5.82 Å². The van der Waals surface area contributed by atoms with E-state index in [1.54, 1.807) is 12.1 Å². The Morgan fingerprint density at radius 1 is 1.06 bits per heavy atom. The van der Waals surface area contributed by atoms with Gasteiger partial charge in [0.05, 0.1) is 10.0 Å². The van der Waals surface area contributed by atoms with Crippen molar-refractivity contribution in [3.63, 3.8) is 0 Å². The number of carbonyl (C=O) groups is 1. The maximum absolute atomic E-state index is 12.9. The van der Waals surface area contributed by atoms with Gasteiger partial charge < -0.3 is 5.32 Å². The molecule has 5 heteroatoms. The highest BCUT2D eigenvalue weighted by atomic mass is 35.5. The Balaban J connectivity index is 2.19. The minimum absolute atomic E-state index is 0.295. The Hall–Kier alpha value is -1.58. The molecule has 0 bridgehead atoms. The van der Waals surface area contributed by atoms with Gasteiger partial charge in [-0.05, 0) is 36.4 Å². The van der Waals surface area contributed by atoms with E-state index in [0.717, 1.165) is 0 Å². The van der Waals surface area contributed by atoms with Crippen molar-refractivity contribution in [2.45, 2.75) is 0 Å². The highest BCUT2D eigenvalue weighted by molar-refractivity contribution is 6.42. The van der Waals surface area contributed by atoms with E-state index in [-0.39, 0.29) is 5.91 Å². The first-order valence-corrected chi connectivity index (χ1v) is 5.84. The number of hydrogen-bond donors (Lipinski definition) is 1. The summed E-state index contributed by atoms with van der Waals surface area (Å²) in [6.45, 7) is 0. The predicted molar refractivity (Wildman–Crippen MR) is 70.8 cm³/mol. The molecule has 0 spiro atoms. The van der Waals surface area contributed by atoms with Gasteiger partial charge in [-0.25, -0.2) is 4.39 Å². The second-order valence-corrected chi connectivity index (χ2v) is 4.41. The van der Waals surface area contributed by atoms with Crippen LogP contribution in [0, 0.1) is 5.82 Å². The smallest absolute Gasteiger partial charge is 0.255 e. The third-order valence-corrected chi connectivity index (χ3v) is 3.00. The van der Waals surface area contributed by atoms with Crippen molar-refractivity contribution in [3.05, 3.63) is 63.9 Å². The SMILES string of the molecule is O=C(Nc1cccc(F)c1)c1ccc(Cl)c(Cl)c1. The quantitative estimate of drug-likeness (QED) is 0.870. The molecule has 0 atom stereocenters. The highest BCUT2D eigenvalue weighted by Crippen LogP contribution is 2.23. The fourth-order valence-electron chi connectivity index (χ4n) is 1.41. The molecule has 1 amide bonds. The molecule has 0 aliphatic rings. The summed E-state index contributed by atoms with van der Waals surface area (Å²) in [5.74, 6) is -0.791. The fraction of sp³-hybridized carbons (Fsp3) is 0. The van der Waals surface area contributed by atoms with Crippen LogP contribution in [0.15, 0.2) is 42.5 Å². The van der Waals surface area contributed by atoms with Crippen LogP contribution in [0.1, 0.15) is 10.4 Å². The molecule has 92 valence electrons. The topological polar surface area (TPSA) is 29.1 Å². The van der Waals surface area contributed by atoms with Crippen LogP contribution >= 0.6 is 23.2 Å². The maximum atomic E-state index is 12.9. The van der Waals surface area contributed by atoms with E-state index in [4.69, 9.17) is 23.2 Å². The van der Waals surface area contributed by atoms with E-state index in [2.05, 4.69) is 5.32 Å².